The number of hydrogen-bond donors (Lipinski definition) is 1. The van der Waals surface area contributed by atoms with Gasteiger partial charge in [-0.15, -0.1) is 0 Å². The van der Waals surface area contributed by atoms with Gasteiger partial charge in [0.2, 0.25) is 0 Å². The van der Waals surface area contributed by atoms with E-state index in [-0.39, 0.29) is 6.04 Å². The Morgan fingerprint density at radius 1 is 1.37 bits per heavy atom. The number of rotatable bonds is 6. The van der Waals surface area contributed by atoms with Gasteiger partial charge in [0.25, 0.3) is 0 Å². The summed E-state index contributed by atoms with van der Waals surface area (Å²) in [6.07, 6.45) is 4.71. The summed E-state index contributed by atoms with van der Waals surface area (Å²) in [5.74, 6) is 0.902. The molecule has 0 aliphatic heterocycles. The number of benzene rings is 1. The Labute approximate surface area is 113 Å². The van der Waals surface area contributed by atoms with E-state index in [1.165, 1.54) is 0 Å². The van der Waals surface area contributed by atoms with Crippen molar-refractivity contribution in [2.24, 2.45) is 0 Å². The third kappa shape index (κ3) is 3.43. The van der Waals surface area contributed by atoms with Crippen LogP contribution in [0.5, 0.6) is 0 Å². The van der Waals surface area contributed by atoms with Crippen LogP contribution >= 0.6 is 0 Å². The monoisotopic (exact) mass is 254 g/mol. The summed E-state index contributed by atoms with van der Waals surface area (Å²) in [5, 5.41) is 12.4. The zero-order valence-electron chi connectivity index (χ0n) is 11.1. The highest BCUT2D eigenvalue weighted by Gasteiger charge is 2.11. The maximum Gasteiger partial charge on any atom is 0.139 e. The molecule has 0 aliphatic carbocycles. The molecule has 1 unspecified atom stereocenters. The third-order valence-electron chi connectivity index (χ3n) is 2.92. The molecule has 1 heterocycles. The van der Waals surface area contributed by atoms with Gasteiger partial charge in [-0.2, -0.15) is 5.26 Å². The molecule has 0 amide bonds. The van der Waals surface area contributed by atoms with E-state index < -0.39 is 0 Å². The molecule has 98 valence electrons. The minimum Gasteiger partial charge on any atom is -0.328 e. The summed E-state index contributed by atoms with van der Waals surface area (Å²) in [6.45, 7) is 3.56. The first kappa shape index (κ1) is 13.3. The van der Waals surface area contributed by atoms with Crippen molar-refractivity contribution in [1.82, 2.24) is 14.9 Å². The predicted octanol–water partition coefficient (Wildman–Crippen LogP) is 2.44. The highest BCUT2D eigenvalue weighted by molar-refractivity contribution is 5.55. The van der Waals surface area contributed by atoms with Crippen LogP contribution in [0.3, 0.4) is 0 Å². The molecule has 2 aromatic rings. The Hall–Kier alpha value is -2.12. The van der Waals surface area contributed by atoms with E-state index in [2.05, 4.69) is 23.3 Å². The van der Waals surface area contributed by atoms with Gasteiger partial charge < -0.3 is 9.88 Å². The van der Waals surface area contributed by atoms with E-state index in [0.717, 1.165) is 24.4 Å². The fourth-order valence-corrected chi connectivity index (χ4v) is 1.97. The number of hydrogen-bond acceptors (Lipinski definition) is 3. The van der Waals surface area contributed by atoms with Crippen LogP contribution in [-0.2, 0) is 6.54 Å². The molecule has 19 heavy (non-hydrogen) atoms. The van der Waals surface area contributed by atoms with Crippen molar-refractivity contribution in [3.8, 4) is 17.5 Å². The maximum atomic E-state index is 9.17. The topological polar surface area (TPSA) is 53.6 Å². The molecular weight excluding hydrogens is 236 g/mol. The molecule has 1 atom stereocenters. The average Bonchev–Trinajstić information content (AvgIpc) is 2.92. The zero-order chi connectivity index (χ0) is 13.5. The second-order valence-corrected chi connectivity index (χ2v) is 4.41. The largest absolute Gasteiger partial charge is 0.328 e. The molecule has 1 aromatic carbocycles. The summed E-state index contributed by atoms with van der Waals surface area (Å²) < 4.78 is 2.02. The highest BCUT2D eigenvalue weighted by atomic mass is 15.1. The lowest BCUT2D eigenvalue weighted by molar-refractivity contribution is 0.523. The van der Waals surface area contributed by atoms with Gasteiger partial charge in [0, 0.05) is 18.0 Å². The number of aromatic nitrogens is 2. The molecule has 0 saturated carbocycles. The lowest BCUT2D eigenvalue weighted by atomic mass is 10.2. The van der Waals surface area contributed by atoms with Crippen LogP contribution in [0.15, 0.2) is 42.7 Å². The quantitative estimate of drug-likeness (QED) is 0.861. The van der Waals surface area contributed by atoms with Gasteiger partial charge in [-0.05, 0) is 13.0 Å². The van der Waals surface area contributed by atoms with E-state index in [0.29, 0.717) is 6.54 Å². The molecule has 4 nitrogen and oxygen atoms in total. The summed E-state index contributed by atoms with van der Waals surface area (Å²) in [7, 11) is 0. The lowest BCUT2D eigenvalue weighted by Gasteiger charge is -2.13. The Morgan fingerprint density at radius 3 is 2.84 bits per heavy atom. The Morgan fingerprint density at radius 2 is 2.16 bits per heavy atom. The molecule has 1 aromatic heterocycles. The molecule has 0 bridgehead atoms. The first-order chi connectivity index (χ1) is 9.35. The van der Waals surface area contributed by atoms with Crippen molar-refractivity contribution in [2.45, 2.75) is 25.9 Å². The highest BCUT2D eigenvalue weighted by Crippen LogP contribution is 2.16. The SMILES string of the molecule is CCCNC(C#N)Cn1ccnc1-c1ccccc1. The van der Waals surface area contributed by atoms with E-state index in [4.69, 9.17) is 5.26 Å². The van der Waals surface area contributed by atoms with E-state index in [1.807, 2.05) is 41.1 Å². The minimum atomic E-state index is -0.184. The molecule has 4 heteroatoms. The fourth-order valence-electron chi connectivity index (χ4n) is 1.97. The molecule has 1 N–H and O–H groups in total. The lowest BCUT2D eigenvalue weighted by Crippen LogP contribution is -2.32. The van der Waals surface area contributed by atoms with Crippen molar-refractivity contribution in [3.05, 3.63) is 42.7 Å². The van der Waals surface area contributed by atoms with Crippen molar-refractivity contribution in [2.75, 3.05) is 6.54 Å². The minimum absolute atomic E-state index is 0.184. The molecule has 0 spiro atoms. The summed E-state index contributed by atoms with van der Waals surface area (Å²) >= 11 is 0. The molecular formula is C15H18N4. The number of imidazole rings is 1. The van der Waals surface area contributed by atoms with Crippen LogP contribution in [0.2, 0.25) is 0 Å². The van der Waals surface area contributed by atoms with Crippen LogP contribution in [-0.4, -0.2) is 22.1 Å². The average molecular weight is 254 g/mol. The van der Waals surface area contributed by atoms with Crippen LogP contribution in [0.25, 0.3) is 11.4 Å². The standard InChI is InChI=1S/C15H18N4/c1-2-8-17-14(11-16)12-19-10-9-18-15(19)13-6-4-3-5-7-13/h3-7,9-10,14,17H,2,8,12H2,1H3. The van der Waals surface area contributed by atoms with Gasteiger partial charge in [0.05, 0.1) is 12.6 Å². The van der Waals surface area contributed by atoms with Crippen LogP contribution in [0.4, 0.5) is 0 Å². The Bertz CT molecular complexity index is 539. The predicted molar refractivity (Wildman–Crippen MR) is 75.4 cm³/mol. The van der Waals surface area contributed by atoms with Gasteiger partial charge in [-0.25, -0.2) is 4.98 Å². The summed E-state index contributed by atoms with van der Waals surface area (Å²) in [4.78, 5) is 4.38. The van der Waals surface area contributed by atoms with Gasteiger partial charge >= 0.3 is 0 Å². The smallest absolute Gasteiger partial charge is 0.139 e. The van der Waals surface area contributed by atoms with Crippen molar-refractivity contribution in [1.29, 1.82) is 5.26 Å². The Balaban J connectivity index is 2.14. The van der Waals surface area contributed by atoms with Crippen molar-refractivity contribution >= 4 is 0 Å². The maximum absolute atomic E-state index is 9.17. The Kier molecular flexibility index (Phi) is 4.71. The number of nitrogens with one attached hydrogen (secondary N) is 1. The van der Waals surface area contributed by atoms with Crippen LogP contribution in [0.1, 0.15) is 13.3 Å². The van der Waals surface area contributed by atoms with E-state index >= 15 is 0 Å². The summed E-state index contributed by atoms with van der Waals surface area (Å²) in [6, 6.07) is 12.1. The molecule has 2 rings (SSSR count). The second-order valence-electron chi connectivity index (χ2n) is 4.41. The van der Waals surface area contributed by atoms with Crippen molar-refractivity contribution < 1.29 is 0 Å². The summed E-state index contributed by atoms with van der Waals surface area (Å²) in [5.41, 5.74) is 1.07. The normalized spacial score (nSPS) is 12.0. The first-order valence-corrected chi connectivity index (χ1v) is 6.54. The molecule has 0 radical (unpaired) electrons. The van der Waals surface area contributed by atoms with Gasteiger partial charge in [-0.1, -0.05) is 37.3 Å². The van der Waals surface area contributed by atoms with Crippen LogP contribution < -0.4 is 5.32 Å². The molecule has 0 aliphatic rings. The van der Waals surface area contributed by atoms with Crippen molar-refractivity contribution in [3.63, 3.8) is 0 Å². The first-order valence-electron chi connectivity index (χ1n) is 6.54. The number of nitriles is 1. The third-order valence-corrected chi connectivity index (χ3v) is 2.92. The van der Waals surface area contributed by atoms with Gasteiger partial charge in [-0.3, -0.25) is 0 Å². The molecule has 0 saturated heterocycles. The number of nitrogens with zero attached hydrogens (tertiary/aromatic N) is 3. The van der Waals surface area contributed by atoms with Gasteiger partial charge in [0.15, 0.2) is 0 Å². The fraction of sp³-hybridized carbons (Fsp3) is 0.333. The van der Waals surface area contributed by atoms with Crippen LogP contribution in [0, 0.1) is 11.3 Å². The van der Waals surface area contributed by atoms with Gasteiger partial charge in [0.1, 0.15) is 11.9 Å². The van der Waals surface area contributed by atoms with E-state index in [9.17, 15) is 0 Å². The van der Waals surface area contributed by atoms with E-state index in [1.54, 1.807) is 6.20 Å². The molecule has 0 fully saturated rings. The zero-order valence-corrected chi connectivity index (χ0v) is 11.1. The second kappa shape index (κ2) is 6.72.